The van der Waals surface area contributed by atoms with Crippen molar-refractivity contribution < 1.29 is 0 Å². The molecule has 64 heavy (non-hydrogen) atoms. The summed E-state index contributed by atoms with van der Waals surface area (Å²) in [6, 6.07) is 85.7. The van der Waals surface area contributed by atoms with E-state index in [2.05, 4.69) is 240 Å². The van der Waals surface area contributed by atoms with Crippen LogP contribution in [0.5, 0.6) is 0 Å². The van der Waals surface area contributed by atoms with Crippen LogP contribution in [0.3, 0.4) is 0 Å². The summed E-state index contributed by atoms with van der Waals surface area (Å²) in [6.45, 7) is 0. The predicted molar refractivity (Wildman–Crippen MR) is 270 cm³/mol. The maximum absolute atomic E-state index is 2.51. The third kappa shape index (κ3) is 4.90. The smallest absolute Gasteiger partial charge is 0.0754 e. The number of hydrogen-bond acceptors (Lipinski definition) is 2. The number of nitrogens with zero attached hydrogens (tertiary/aromatic N) is 2. The quantitative estimate of drug-likeness (QED) is 0.168. The lowest BCUT2D eigenvalue weighted by molar-refractivity contribution is 0.748. The number of anilines is 3. The van der Waals surface area contributed by atoms with E-state index in [1.807, 2.05) is 11.3 Å². The maximum atomic E-state index is 2.51. The fourth-order valence-electron chi connectivity index (χ4n) is 11.3. The number of hydrogen-bond donors (Lipinski definition) is 0. The molecule has 14 rings (SSSR count). The van der Waals surface area contributed by atoms with E-state index < -0.39 is 5.41 Å². The van der Waals surface area contributed by atoms with Crippen molar-refractivity contribution in [1.29, 1.82) is 0 Å². The van der Waals surface area contributed by atoms with Gasteiger partial charge in [0.25, 0.3) is 0 Å². The third-order valence-electron chi connectivity index (χ3n) is 14.0. The van der Waals surface area contributed by atoms with Crippen molar-refractivity contribution in [1.82, 2.24) is 4.57 Å². The van der Waals surface area contributed by atoms with Crippen LogP contribution in [0.1, 0.15) is 22.3 Å². The molecular weight excluding hydrogens is 793 g/mol. The van der Waals surface area contributed by atoms with Crippen LogP contribution >= 0.6 is 11.3 Å². The van der Waals surface area contributed by atoms with Crippen LogP contribution in [0.25, 0.3) is 81.0 Å². The van der Waals surface area contributed by atoms with Gasteiger partial charge in [0.05, 0.1) is 22.1 Å². The van der Waals surface area contributed by atoms with Gasteiger partial charge in [-0.25, -0.2) is 0 Å². The minimum atomic E-state index is -0.466. The van der Waals surface area contributed by atoms with E-state index in [1.54, 1.807) is 0 Å². The standard InChI is InChI=1S/C61H38N2S/c1-2-15-43(16-3-1)62(44-32-28-39(29-33-44)42-30-34-49-48-20-6-11-27-58(48)64-59(49)38-42)45-17-12-14-40(36-45)41-31-35-53-51(37-41)46-18-4-7-22-52(46)61(53)54-23-8-10-26-57(54)63-56-25-9-5-19-47(56)50-21-13-24-55(61)60(50)63/h1-38H. The summed E-state index contributed by atoms with van der Waals surface area (Å²) in [6.07, 6.45) is 0. The molecule has 0 saturated heterocycles. The minimum absolute atomic E-state index is 0.466. The van der Waals surface area contributed by atoms with Gasteiger partial charge in [-0.3, -0.25) is 0 Å². The van der Waals surface area contributed by atoms with E-state index in [4.69, 9.17) is 0 Å². The number of benzene rings is 10. The van der Waals surface area contributed by atoms with Crippen molar-refractivity contribution in [3.63, 3.8) is 0 Å². The van der Waals surface area contributed by atoms with E-state index in [0.29, 0.717) is 0 Å². The third-order valence-corrected chi connectivity index (χ3v) is 15.1. The normalized spacial score (nSPS) is 14.6. The van der Waals surface area contributed by atoms with Gasteiger partial charge in [0, 0.05) is 48.0 Å². The average Bonchev–Trinajstić information content (AvgIpc) is 4.01. The number of aromatic nitrogens is 1. The molecule has 1 unspecified atom stereocenters. The molecule has 0 amide bonds. The Kier molecular flexibility index (Phi) is 7.51. The number of thiophene rings is 1. The summed E-state index contributed by atoms with van der Waals surface area (Å²) >= 11 is 1.87. The first-order valence-corrected chi connectivity index (χ1v) is 22.9. The largest absolute Gasteiger partial charge is 0.310 e. The highest BCUT2D eigenvalue weighted by Crippen LogP contribution is 2.61. The molecule has 10 aromatic carbocycles. The zero-order valence-corrected chi connectivity index (χ0v) is 35.6. The average molecular weight is 831 g/mol. The summed E-state index contributed by atoms with van der Waals surface area (Å²) < 4.78 is 5.16. The van der Waals surface area contributed by atoms with Crippen LogP contribution in [0.2, 0.25) is 0 Å². The van der Waals surface area contributed by atoms with Crippen molar-refractivity contribution >= 4 is 70.4 Å². The van der Waals surface area contributed by atoms with Crippen LogP contribution in [-0.2, 0) is 5.41 Å². The minimum Gasteiger partial charge on any atom is -0.310 e. The number of rotatable bonds is 5. The molecule has 1 atom stereocenters. The lowest BCUT2D eigenvalue weighted by Gasteiger charge is -2.39. The van der Waals surface area contributed by atoms with Gasteiger partial charge in [0.1, 0.15) is 0 Å². The van der Waals surface area contributed by atoms with Gasteiger partial charge in [-0.15, -0.1) is 11.3 Å². The van der Waals surface area contributed by atoms with Crippen molar-refractivity contribution in [2.24, 2.45) is 0 Å². The lowest BCUT2D eigenvalue weighted by atomic mass is 9.65. The van der Waals surface area contributed by atoms with Gasteiger partial charge in [-0.2, -0.15) is 0 Å². The lowest BCUT2D eigenvalue weighted by Crippen LogP contribution is -2.33. The van der Waals surface area contributed by atoms with Crippen LogP contribution in [0, 0.1) is 0 Å². The fraction of sp³-hybridized carbons (Fsp3) is 0.0164. The van der Waals surface area contributed by atoms with E-state index in [0.717, 1.165) is 17.1 Å². The molecule has 0 saturated carbocycles. The first-order valence-electron chi connectivity index (χ1n) is 22.1. The molecule has 1 aliphatic heterocycles. The highest BCUT2D eigenvalue weighted by molar-refractivity contribution is 7.25. The second kappa shape index (κ2) is 13.5. The Hall–Kier alpha value is -7.98. The summed E-state index contributed by atoms with van der Waals surface area (Å²) in [7, 11) is 0. The molecule has 1 aliphatic carbocycles. The summed E-state index contributed by atoms with van der Waals surface area (Å²) in [4.78, 5) is 2.37. The molecule has 2 aliphatic rings. The SMILES string of the molecule is c1ccc(N(c2ccc(-c3ccc4c(c3)sc3ccccc34)cc2)c2cccc(-c3ccc4c(c3)-c3ccccc3C43c4ccccc4-n4c5ccccc5c5cccc3c54)c2)cc1. The van der Waals surface area contributed by atoms with Gasteiger partial charge in [0.15, 0.2) is 0 Å². The predicted octanol–water partition coefficient (Wildman–Crippen LogP) is 16.6. The molecule has 0 fully saturated rings. The van der Waals surface area contributed by atoms with E-state index in [-0.39, 0.29) is 0 Å². The van der Waals surface area contributed by atoms with Crippen LogP contribution < -0.4 is 4.90 Å². The highest BCUT2D eigenvalue weighted by atomic mass is 32.1. The molecule has 12 aromatic rings. The number of para-hydroxylation sites is 4. The van der Waals surface area contributed by atoms with Crippen molar-refractivity contribution in [3.8, 4) is 39.1 Å². The molecule has 298 valence electrons. The Labute approximate surface area is 375 Å². The van der Waals surface area contributed by atoms with Crippen LogP contribution in [0.15, 0.2) is 231 Å². The molecule has 2 nitrogen and oxygen atoms in total. The molecular formula is C61H38N2S. The Morgan fingerprint density at radius 1 is 0.344 bits per heavy atom. The molecule has 3 heterocycles. The summed E-state index contributed by atoms with van der Waals surface area (Å²) in [5, 5.41) is 5.24. The van der Waals surface area contributed by atoms with E-state index in [1.165, 1.54) is 103 Å². The zero-order valence-electron chi connectivity index (χ0n) is 34.7. The molecule has 0 N–H and O–H groups in total. The van der Waals surface area contributed by atoms with E-state index >= 15 is 0 Å². The van der Waals surface area contributed by atoms with Gasteiger partial charge in [0.2, 0.25) is 0 Å². The Morgan fingerprint density at radius 2 is 0.953 bits per heavy atom. The second-order valence-corrected chi connectivity index (χ2v) is 18.3. The Bertz CT molecular complexity index is 3860. The summed E-state index contributed by atoms with van der Waals surface area (Å²) in [5.74, 6) is 0. The molecule has 0 bridgehead atoms. The van der Waals surface area contributed by atoms with Gasteiger partial charge >= 0.3 is 0 Å². The molecule has 3 heteroatoms. The van der Waals surface area contributed by atoms with Gasteiger partial charge < -0.3 is 9.47 Å². The van der Waals surface area contributed by atoms with Gasteiger partial charge in [-0.05, 0) is 122 Å². The fourth-order valence-corrected chi connectivity index (χ4v) is 12.4. The first kappa shape index (κ1) is 35.6. The second-order valence-electron chi connectivity index (χ2n) is 17.2. The monoisotopic (exact) mass is 830 g/mol. The molecule has 2 aromatic heterocycles. The summed E-state index contributed by atoms with van der Waals surface area (Å²) in [5.41, 5.74) is 19.4. The Morgan fingerprint density at radius 3 is 1.86 bits per heavy atom. The zero-order chi connectivity index (χ0) is 41.9. The van der Waals surface area contributed by atoms with Crippen molar-refractivity contribution in [3.05, 3.63) is 253 Å². The van der Waals surface area contributed by atoms with E-state index in [9.17, 15) is 0 Å². The molecule has 1 spiro atoms. The van der Waals surface area contributed by atoms with Gasteiger partial charge in [-0.1, -0.05) is 164 Å². The van der Waals surface area contributed by atoms with Crippen LogP contribution in [0.4, 0.5) is 17.1 Å². The maximum Gasteiger partial charge on any atom is 0.0754 e. The first-order chi connectivity index (χ1) is 31.7. The number of fused-ring (bicyclic) bond motifs is 15. The van der Waals surface area contributed by atoms with Crippen molar-refractivity contribution in [2.75, 3.05) is 4.90 Å². The topological polar surface area (TPSA) is 8.17 Å². The Balaban J connectivity index is 0.894. The van der Waals surface area contributed by atoms with Crippen LogP contribution in [-0.4, -0.2) is 4.57 Å². The van der Waals surface area contributed by atoms with Crippen molar-refractivity contribution in [2.45, 2.75) is 5.41 Å². The molecule has 0 radical (unpaired) electrons. The highest BCUT2D eigenvalue weighted by Gasteiger charge is 2.50.